The number of carbonyl (C=O) groups excluding carboxylic acids is 3. The largest absolute Gasteiger partial charge is 0.457 e. The molecule has 5 atom stereocenters. The van der Waals surface area contributed by atoms with E-state index in [0.29, 0.717) is 29.1 Å². The van der Waals surface area contributed by atoms with Crippen molar-refractivity contribution < 1.29 is 27.5 Å². The predicted molar refractivity (Wildman–Crippen MR) is 170 cm³/mol. The summed E-state index contributed by atoms with van der Waals surface area (Å²) in [4.78, 5) is 36.5. The smallest absolute Gasteiger partial charge is 0.339 e. The number of cyclic esters (lactones) is 1. The number of ether oxygens (including phenoxy) is 1. The van der Waals surface area contributed by atoms with Crippen LogP contribution in [0.5, 0.6) is 0 Å². The number of allylic oxidation sites excluding steroid dienone is 5. The summed E-state index contributed by atoms with van der Waals surface area (Å²) in [5.41, 5.74) is 4.99. The van der Waals surface area contributed by atoms with E-state index in [9.17, 15) is 22.8 Å². The molecule has 0 N–H and O–H groups in total. The molecule has 2 aromatic carbocycles. The molecule has 0 bridgehead atoms. The lowest BCUT2D eigenvalue weighted by atomic mass is 9.48. The topological polar surface area (TPSA) is 94.6 Å². The minimum atomic E-state index is -3.23. The second-order valence-corrected chi connectivity index (χ2v) is 15.3. The molecule has 6 nitrogen and oxygen atoms in total. The lowest BCUT2D eigenvalue weighted by Crippen LogP contribution is -2.50. The second kappa shape index (κ2) is 11.0. The van der Waals surface area contributed by atoms with E-state index in [1.807, 2.05) is 30.3 Å². The zero-order chi connectivity index (χ0) is 31.4. The summed E-state index contributed by atoms with van der Waals surface area (Å²) >= 11 is 0. The van der Waals surface area contributed by atoms with Crippen LogP contribution in [0.3, 0.4) is 0 Å². The minimum Gasteiger partial charge on any atom is -0.457 e. The van der Waals surface area contributed by atoms with Crippen LogP contribution in [0.15, 0.2) is 95.4 Å². The summed E-state index contributed by atoms with van der Waals surface area (Å²) in [7, 11) is -3.23. The van der Waals surface area contributed by atoms with Crippen LogP contribution in [0.4, 0.5) is 0 Å². The molecule has 7 rings (SSSR count). The van der Waals surface area contributed by atoms with E-state index in [1.54, 1.807) is 36.4 Å². The van der Waals surface area contributed by atoms with Gasteiger partial charge in [-0.15, -0.1) is 0 Å². The molecule has 0 saturated heterocycles. The van der Waals surface area contributed by atoms with Crippen LogP contribution >= 0.6 is 0 Å². The molecular weight excluding hydrogens is 572 g/mol. The van der Waals surface area contributed by atoms with Gasteiger partial charge in [-0.05, 0) is 84.4 Å². The monoisotopic (exact) mass is 610 g/mol. The summed E-state index contributed by atoms with van der Waals surface area (Å²) < 4.78 is 28.2. The summed E-state index contributed by atoms with van der Waals surface area (Å²) in [6, 6.07) is 15.8. The van der Waals surface area contributed by atoms with E-state index in [2.05, 4.69) is 26.5 Å². The van der Waals surface area contributed by atoms with E-state index in [1.165, 1.54) is 6.26 Å². The molecular formula is C37H38O6S. The first kappa shape index (κ1) is 30.2. The van der Waals surface area contributed by atoms with Gasteiger partial charge >= 0.3 is 5.97 Å². The van der Waals surface area contributed by atoms with Gasteiger partial charge in [-0.1, -0.05) is 74.5 Å². The van der Waals surface area contributed by atoms with E-state index >= 15 is 0 Å². The molecule has 4 aliphatic carbocycles. The van der Waals surface area contributed by atoms with Crippen molar-refractivity contribution in [2.75, 3.05) is 12.9 Å². The van der Waals surface area contributed by atoms with E-state index in [4.69, 9.17) is 4.74 Å². The number of sulfone groups is 1. The maximum absolute atomic E-state index is 12.4. The Bertz CT molecular complexity index is 1760. The number of hydrogen-bond acceptors (Lipinski definition) is 6. The third-order valence-electron chi connectivity index (χ3n) is 10.8. The van der Waals surface area contributed by atoms with Gasteiger partial charge in [0.1, 0.15) is 12.4 Å². The van der Waals surface area contributed by atoms with Crippen molar-refractivity contribution in [2.45, 2.75) is 50.8 Å². The number of rotatable bonds is 3. The number of fused-ring (bicyclic) bond motifs is 5. The molecule has 0 aromatic heterocycles. The normalized spacial score (nSPS) is 31.0. The number of ketones is 2. The van der Waals surface area contributed by atoms with Crippen LogP contribution in [0.2, 0.25) is 0 Å². The van der Waals surface area contributed by atoms with E-state index in [0.717, 1.165) is 60.0 Å². The van der Waals surface area contributed by atoms with Gasteiger partial charge in [0.2, 0.25) is 0 Å². The Balaban J connectivity index is 0.000000156. The molecule has 228 valence electrons. The van der Waals surface area contributed by atoms with Gasteiger partial charge in [0.25, 0.3) is 0 Å². The Kier molecular flexibility index (Phi) is 7.52. The fourth-order valence-electron chi connectivity index (χ4n) is 8.41. The molecule has 7 heteroatoms. The van der Waals surface area contributed by atoms with Crippen LogP contribution in [-0.2, 0) is 29.0 Å². The van der Waals surface area contributed by atoms with Crippen LogP contribution in [-0.4, -0.2) is 38.8 Å². The molecule has 0 spiro atoms. The number of benzene rings is 2. The number of carbonyl (C=O) groups is 3. The van der Waals surface area contributed by atoms with Crippen molar-refractivity contribution in [1.82, 2.24) is 0 Å². The Morgan fingerprint density at radius 3 is 2.30 bits per heavy atom. The SMILES string of the molecule is C=C1C[C@@H]2[C@H](CC[C@]3(C)C(=O)CC[C@@H]23)[C@@]2(C)C=CC(=O)C=C12.CS(=O)(=O)c1ccc(C2=C(c3ccccc3)C(=O)OC2)cc1. The van der Waals surface area contributed by atoms with Crippen molar-refractivity contribution in [1.29, 1.82) is 0 Å². The highest BCUT2D eigenvalue weighted by atomic mass is 32.2. The highest BCUT2D eigenvalue weighted by molar-refractivity contribution is 7.90. The van der Waals surface area contributed by atoms with Gasteiger partial charge in [0, 0.05) is 29.1 Å². The van der Waals surface area contributed by atoms with E-state index < -0.39 is 9.84 Å². The molecule has 2 aromatic rings. The first-order valence-electron chi connectivity index (χ1n) is 15.3. The molecule has 3 fully saturated rings. The zero-order valence-corrected chi connectivity index (χ0v) is 26.3. The number of esters is 1. The second-order valence-electron chi connectivity index (χ2n) is 13.3. The number of Topliss-reactive ketones (excluding diaryl/α,β-unsaturated/α-hetero) is 1. The predicted octanol–water partition coefficient (Wildman–Crippen LogP) is 6.59. The highest BCUT2D eigenvalue weighted by Gasteiger charge is 2.59. The Hall–Kier alpha value is -3.84. The van der Waals surface area contributed by atoms with Crippen LogP contribution in [0.1, 0.15) is 57.1 Å². The third kappa shape index (κ3) is 5.05. The summed E-state index contributed by atoms with van der Waals surface area (Å²) in [6.45, 7) is 8.94. The molecule has 0 amide bonds. The maximum atomic E-state index is 12.4. The lowest BCUT2D eigenvalue weighted by molar-refractivity contribution is -0.134. The molecule has 1 heterocycles. The Morgan fingerprint density at radius 2 is 1.61 bits per heavy atom. The molecule has 0 radical (unpaired) electrons. The first-order valence-corrected chi connectivity index (χ1v) is 17.1. The fraction of sp³-hybridized carbons (Fsp3) is 0.378. The van der Waals surface area contributed by atoms with Crippen molar-refractivity contribution >= 4 is 38.5 Å². The van der Waals surface area contributed by atoms with Gasteiger partial charge in [-0.3, -0.25) is 9.59 Å². The van der Waals surface area contributed by atoms with Crippen LogP contribution < -0.4 is 0 Å². The minimum absolute atomic E-state index is 0.0686. The van der Waals surface area contributed by atoms with Crippen molar-refractivity contribution in [3.8, 4) is 0 Å². The van der Waals surface area contributed by atoms with Crippen molar-refractivity contribution in [3.63, 3.8) is 0 Å². The van der Waals surface area contributed by atoms with Gasteiger partial charge in [-0.2, -0.15) is 0 Å². The average molecular weight is 611 g/mol. The van der Waals surface area contributed by atoms with Gasteiger partial charge in [0.15, 0.2) is 15.6 Å². The standard InChI is InChI=1S/C20H24O2.C17H14O4S/c1-12-10-14-15-4-5-18(22)20(15,3)9-7-16(14)19(2)8-6-13(21)11-17(12)19;1-22(19,20)14-9-7-12(8-10-14)15-11-21-17(18)16(15)13-5-3-2-4-6-13/h6,8,11,14-16H,1,4-5,7,9-10H2,2-3H3;2-10H,11H2,1H3/t14-,15-,16-,19+,20-;/m0./s1. The first-order chi connectivity index (χ1) is 20.8. The fourth-order valence-corrected chi connectivity index (χ4v) is 9.04. The number of hydrogen-bond donors (Lipinski definition) is 0. The molecule has 0 unspecified atom stereocenters. The van der Waals surface area contributed by atoms with Gasteiger partial charge in [0.05, 0.1) is 10.5 Å². The molecule has 5 aliphatic rings. The maximum Gasteiger partial charge on any atom is 0.339 e. The van der Waals surface area contributed by atoms with Gasteiger partial charge < -0.3 is 4.74 Å². The third-order valence-corrected chi connectivity index (χ3v) is 11.9. The van der Waals surface area contributed by atoms with Crippen LogP contribution in [0, 0.1) is 28.6 Å². The quantitative estimate of drug-likeness (QED) is 0.364. The summed E-state index contributed by atoms with van der Waals surface area (Å²) in [6.07, 6.45) is 11.7. The van der Waals surface area contributed by atoms with E-state index in [-0.39, 0.29) is 34.1 Å². The average Bonchev–Trinajstić information content (AvgIpc) is 3.53. The van der Waals surface area contributed by atoms with Gasteiger partial charge in [-0.25, -0.2) is 13.2 Å². The van der Waals surface area contributed by atoms with Crippen molar-refractivity contribution in [3.05, 3.63) is 102 Å². The van der Waals surface area contributed by atoms with Crippen LogP contribution in [0.25, 0.3) is 11.1 Å². The molecule has 44 heavy (non-hydrogen) atoms. The Labute approximate surface area is 259 Å². The zero-order valence-electron chi connectivity index (χ0n) is 25.5. The Morgan fingerprint density at radius 1 is 0.909 bits per heavy atom. The summed E-state index contributed by atoms with van der Waals surface area (Å²) in [5, 5.41) is 0. The lowest BCUT2D eigenvalue weighted by Gasteiger charge is -2.56. The van der Waals surface area contributed by atoms with Crippen molar-refractivity contribution in [2.24, 2.45) is 28.6 Å². The summed E-state index contributed by atoms with van der Waals surface area (Å²) in [5.74, 6) is 1.79. The molecule has 1 aliphatic heterocycles. The highest BCUT2D eigenvalue weighted by Crippen LogP contribution is 2.64. The molecule has 3 saturated carbocycles.